The van der Waals surface area contributed by atoms with Crippen LogP contribution >= 0.6 is 27.3 Å². The van der Waals surface area contributed by atoms with Crippen LogP contribution in [0.3, 0.4) is 0 Å². The van der Waals surface area contributed by atoms with Gasteiger partial charge >= 0.3 is 12.2 Å². The normalized spacial score (nSPS) is 26.1. The zero-order valence-corrected chi connectivity index (χ0v) is 15.3. The number of carbonyl (C=O) groups excluding carboxylic acids is 2. The predicted octanol–water partition coefficient (Wildman–Crippen LogP) is 3.61. The van der Waals surface area contributed by atoms with Crippen molar-refractivity contribution in [2.45, 2.75) is 17.9 Å². The summed E-state index contributed by atoms with van der Waals surface area (Å²) in [6.07, 6.45) is -5.26. The van der Waals surface area contributed by atoms with Crippen molar-refractivity contribution in [3.8, 4) is 0 Å². The van der Waals surface area contributed by atoms with Crippen molar-refractivity contribution in [1.82, 2.24) is 10.6 Å². The average Bonchev–Trinajstić information content (AvgIpc) is 3.07. The molecule has 0 spiro atoms. The molecule has 1 aromatic heterocycles. The van der Waals surface area contributed by atoms with E-state index < -0.39 is 35.7 Å². The third-order valence-corrected chi connectivity index (χ3v) is 5.44. The van der Waals surface area contributed by atoms with Crippen LogP contribution in [0, 0.1) is 5.92 Å². The minimum atomic E-state index is -5.26. The Morgan fingerprint density at radius 3 is 2.58 bits per heavy atom. The van der Waals surface area contributed by atoms with Crippen LogP contribution in [0.4, 0.5) is 18.0 Å². The first-order chi connectivity index (χ1) is 12.1. The van der Waals surface area contributed by atoms with Crippen molar-refractivity contribution in [2.75, 3.05) is 0 Å². The first-order valence-corrected chi connectivity index (χ1v) is 9.02. The third kappa shape index (κ3) is 3.24. The number of amides is 2. The molecule has 2 amide bonds. The summed E-state index contributed by atoms with van der Waals surface area (Å²) in [6, 6.07) is 6.48. The molecule has 2 aromatic rings. The van der Waals surface area contributed by atoms with Crippen LogP contribution in [0.2, 0.25) is 0 Å². The molecule has 1 aromatic carbocycles. The maximum atomic E-state index is 13.7. The highest BCUT2D eigenvalue weighted by atomic mass is 79.9. The summed E-state index contributed by atoms with van der Waals surface area (Å²) in [5.41, 5.74) is -3.45. The number of urea groups is 1. The van der Waals surface area contributed by atoms with Gasteiger partial charge in [0.25, 0.3) is 0 Å². The van der Waals surface area contributed by atoms with Crippen molar-refractivity contribution in [3.63, 3.8) is 0 Å². The largest absolute Gasteiger partial charge is 0.437 e. The van der Waals surface area contributed by atoms with E-state index in [4.69, 9.17) is 0 Å². The molecule has 0 aliphatic carbocycles. The second-order valence-electron chi connectivity index (χ2n) is 5.71. The number of Topliss-reactive ketones (excluding diaryl/α,β-unsaturated/α-hetero) is 1. The minimum Gasteiger partial charge on any atom is -0.363 e. The first-order valence-electron chi connectivity index (χ1n) is 7.34. The Bertz CT molecular complexity index is 844. The van der Waals surface area contributed by atoms with Gasteiger partial charge in [-0.2, -0.15) is 13.2 Å². The molecule has 3 atom stereocenters. The zero-order valence-electron chi connectivity index (χ0n) is 12.9. The van der Waals surface area contributed by atoms with Crippen LogP contribution in [0.5, 0.6) is 0 Å². The van der Waals surface area contributed by atoms with E-state index >= 15 is 0 Å². The summed E-state index contributed by atoms with van der Waals surface area (Å²) < 4.78 is 41.6. The summed E-state index contributed by atoms with van der Waals surface area (Å²) in [6.45, 7) is 0. The maximum absolute atomic E-state index is 13.7. The molecule has 5 nitrogen and oxygen atoms in total. The van der Waals surface area contributed by atoms with Gasteiger partial charge in [0, 0.05) is 4.47 Å². The van der Waals surface area contributed by atoms with Crippen LogP contribution in [0.1, 0.15) is 21.3 Å². The fourth-order valence-electron chi connectivity index (χ4n) is 2.89. The van der Waals surface area contributed by atoms with Crippen LogP contribution in [0.25, 0.3) is 0 Å². The number of carbonyl (C=O) groups is 2. The van der Waals surface area contributed by atoms with E-state index in [0.29, 0.717) is 4.47 Å². The van der Waals surface area contributed by atoms with E-state index in [-0.39, 0.29) is 10.4 Å². The minimum absolute atomic E-state index is 0.0515. The molecule has 10 heteroatoms. The van der Waals surface area contributed by atoms with Gasteiger partial charge in [0.2, 0.25) is 5.72 Å². The van der Waals surface area contributed by atoms with E-state index in [2.05, 4.69) is 21.2 Å². The lowest BCUT2D eigenvalue weighted by Gasteiger charge is -2.44. The number of hydrogen-bond acceptors (Lipinski definition) is 4. The van der Waals surface area contributed by atoms with Gasteiger partial charge in [0.1, 0.15) is 5.92 Å². The molecule has 1 aliphatic heterocycles. The maximum Gasteiger partial charge on any atom is 0.437 e. The van der Waals surface area contributed by atoms with Gasteiger partial charge in [-0.25, -0.2) is 4.79 Å². The van der Waals surface area contributed by atoms with Gasteiger partial charge < -0.3 is 15.7 Å². The molecule has 0 radical (unpaired) electrons. The molecule has 1 aliphatic rings. The average molecular weight is 449 g/mol. The Morgan fingerprint density at radius 1 is 1.27 bits per heavy atom. The Kier molecular flexibility index (Phi) is 4.84. The topological polar surface area (TPSA) is 78.4 Å². The Hall–Kier alpha value is -1.91. The molecular formula is C16H12BrF3N2O3S. The fourth-order valence-corrected chi connectivity index (χ4v) is 4.01. The number of nitrogens with one attached hydrogen (secondary N) is 2. The van der Waals surface area contributed by atoms with Crippen molar-refractivity contribution in [1.29, 1.82) is 0 Å². The number of halogens is 4. The first kappa shape index (κ1) is 18.9. The number of alkyl halides is 3. The molecule has 0 unspecified atom stereocenters. The summed E-state index contributed by atoms with van der Waals surface area (Å²) >= 11 is 4.17. The molecular weight excluding hydrogens is 437 g/mol. The highest BCUT2D eigenvalue weighted by molar-refractivity contribution is 9.10. The van der Waals surface area contributed by atoms with E-state index in [0.717, 1.165) is 11.3 Å². The SMILES string of the molecule is O=C1N[C@@H](c2cccc(Br)c2)[C@@H](C(=O)c2cccs2)[C@](O)(C(F)(F)F)N1. The molecule has 138 valence electrons. The summed E-state index contributed by atoms with van der Waals surface area (Å²) in [4.78, 5) is 24.7. The lowest BCUT2D eigenvalue weighted by molar-refractivity contribution is -0.287. The Labute approximate surface area is 158 Å². The number of ketones is 1. The molecule has 0 saturated carbocycles. The molecule has 3 N–H and O–H groups in total. The molecule has 0 bridgehead atoms. The van der Waals surface area contributed by atoms with Crippen molar-refractivity contribution >= 4 is 39.1 Å². The second kappa shape index (κ2) is 6.67. The number of thiophene rings is 1. The van der Waals surface area contributed by atoms with E-state index in [9.17, 15) is 27.9 Å². The number of rotatable bonds is 3. The highest BCUT2D eigenvalue weighted by Crippen LogP contribution is 2.44. The van der Waals surface area contributed by atoms with Crippen molar-refractivity contribution < 1.29 is 27.9 Å². The van der Waals surface area contributed by atoms with Crippen LogP contribution in [-0.2, 0) is 0 Å². The van der Waals surface area contributed by atoms with Gasteiger partial charge in [-0.3, -0.25) is 4.79 Å². The molecule has 26 heavy (non-hydrogen) atoms. The quantitative estimate of drug-likeness (QED) is 0.627. The van der Waals surface area contributed by atoms with Gasteiger partial charge in [0.15, 0.2) is 5.78 Å². The molecule has 2 heterocycles. The zero-order chi connectivity index (χ0) is 19.1. The number of benzene rings is 1. The van der Waals surface area contributed by atoms with Gasteiger partial charge in [-0.15, -0.1) is 11.3 Å². The van der Waals surface area contributed by atoms with E-state index in [1.807, 2.05) is 0 Å². The molecule has 1 fully saturated rings. The van der Waals surface area contributed by atoms with Gasteiger partial charge in [-0.05, 0) is 29.1 Å². The van der Waals surface area contributed by atoms with E-state index in [1.54, 1.807) is 17.5 Å². The lowest BCUT2D eigenvalue weighted by atomic mass is 9.78. The van der Waals surface area contributed by atoms with Crippen LogP contribution < -0.4 is 10.6 Å². The second-order valence-corrected chi connectivity index (χ2v) is 7.58. The highest BCUT2D eigenvalue weighted by Gasteiger charge is 2.66. The smallest absolute Gasteiger partial charge is 0.363 e. The summed E-state index contributed by atoms with van der Waals surface area (Å²) in [7, 11) is 0. The van der Waals surface area contributed by atoms with Crippen molar-refractivity contribution in [2.24, 2.45) is 5.92 Å². The van der Waals surface area contributed by atoms with Crippen LogP contribution in [-0.4, -0.2) is 28.8 Å². The predicted molar refractivity (Wildman–Crippen MR) is 91.7 cm³/mol. The summed E-state index contributed by atoms with van der Waals surface area (Å²) in [5, 5.41) is 15.8. The van der Waals surface area contributed by atoms with E-state index in [1.165, 1.54) is 29.6 Å². The standard InChI is InChI=1S/C16H12BrF3N2O3S/c17-9-4-1-3-8(7-9)12-11(13(23)10-5-2-6-26-10)15(25,16(18,19)20)22-14(24)21-12/h1-7,11-12,25H,(H2,21,22,24)/t11-,12-,15-/m0/s1. The third-order valence-electron chi connectivity index (χ3n) is 4.06. The summed E-state index contributed by atoms with van der Waals surface area (Å²) in [5.74, 6) is -2.93. The Balaban J connectivity index is 2.16. The lowest BCUT2D eigenvalue weighted by Crippen LogP contribution is -2.72. The van der Waals surface area contributed by atoms with Crippen LogP contribution in [0.15, 0.2) is 46.3 Å². The molecule has 3 rings (SSSR count). The Morgan fingerprint density at radius 2 is 2.00 bits per heavy atom. The fraction of sp³-hybridized carbons (Fsp3) is 0.250. The number of hydrogen-bond donors (Lipinski definition) is 3. The van der Waals surface area contributed by atoms with Gasteiger partial charge in [-0.1, -0.05) is 34.1 Å². The number of aliphatic hydroxyl groups is 1. The monoisotopic (exact) mass is 448 g/mol. The van der Waals surface area contributed by atoms with Gasteiger partial charge in [0.05, 0.1) is 10.9 Å². The van der Waals surface area contributed by atoms with Crippen molar-refractivity contribution in [3.05, 3.63) is 56.7 Å². The molecule has 1 saturated heterocycles.